The highest BCUT2D eigenvalue weighted by molar-refractivity contribution is 5.91. The van der Waals surface area contributed by atoms with Crippen molar-refractivity contribution in [3.05, 3.63) is 77.9 Å². The van der Waals surface area contributed by atoms with Gasteiger partial charge in [-0.25, -0.2) is 4.79 Å². The fraction of sp³-hybridized carbons (Fsp3) is 0.158. The van der Waals surface area contributed by atoms with Gasteiger partial charge in [0.05, 0.1) is 30.4 Å². The summed E-state index contributed by atoms with van der Waals surface area (Å²) in [6.07, 6.45) is 2.49. The second-order valence-electron chi connectivity index (χ2n) is 4.84. The van der Waals surface area contributed by atoms with Crippen LogP contribution in [0.25, 0.3) is 0 Å². The van der Waals surface area contributed by atoms with Gasteiger partial charge in [0.2, 0.25) is 0 Å². The lowest BCUT2D eigenvalue weighted by Crippen LogP contribution is -2.08. The minimum absolute atomic E-state index is 0.413. The van der Waals surface area contributed by atoms with Gasteiger partial charge in [-0.15, -0.1) is 6.58 Å². The predicted octanol–water partition coefficient (Wildman–Crippen LogP) is 3.52. The van der Waals surface area contributed by atoms with Crippen molar-refractivity contribution in [2.75, 3.05) is 13.2 Å². The van der Waals surface area contributed by atoms with Gasteiger partial charge in [-0.2, -0.15) is 5.26 Å². The Hall–Kier alpha value is -2.90. The summed E-state index contributed by atoms with van der Waals surface area (Å²) in [5.41, 5.74) is 2.09. The molecule has 0 fully saturated rings. The largest absolute Gasteiger partial charge is 0.423 e. The molecule has 0 bridgehead atoms. The molecule has 0 N–H and O–H groups in total. The average Bonchev–Trinajstić information content (AvgIpc) is 2.60. The van der Waals surface area contributed by atoms with Crippen LogP contribution >= 0.6 is 0 Å². The van der Waals surface area contributed by atoms with E-state index in [9.17, 15) is 4.79 Å². The van der Waals surface area contributed by atoms with E-state index in [-0.39, 0.29) is 0 Å². The van der Waals surface area contributed by atoms with E-state index in [1.807, 2.05) is 18.2 Å². The molecule has 2 aromatic carbocycles. The standard InChI is InChI=1S/C19H17NO3/c1-2-12-22-13-11-15-3-7-17(8-4-15)19(21)23-18-9-5-16(14-20)6-10-18/h2-10H,1,11-13H2. The molecule has 0 radical (unpaired) electrons. The number of nitriles is 1. The number of esters is 1. The fourth-order valence-corrected chi connectivity index (χ4v) is 1.93. The SMILES string of the molecule is C=CCOCCc1ccc(C(=O)Oc2ccc(C#N)cc2)cc1. The van der Waals surface area contributed by atoms with Crippen LogP contribution in [-0.4, -0.2) is 19.2 Å². The van der Waals surface area contributed by atoms with Crippen LogP contribution in [0.5, 0.6) is 5.75 Å². The summed E-state index contributed by atoms with van der Waals surface area (Å²) < 4.78 is 10.6. The van der Waals surface area contributed by atoms with Crippen LogP contribution in [0.15, 0.2) is 61.2 Å². The Labute approximate surface area is 135 Å². The molecule has 23 heavy (non-hydrogen) atoms. The van der Waals surface area contributed by atoms with Gasteiger partial charge >= 0.3 is 5.97 Å². The van der Waals surface area contributed by atoms with Crippen molar-refractivity contribution in [2.24, 2.45) is 0 Å². The van der Waals surface area contributed by atoms with E-state index in [0.717, 1.165) is 12.0 Å². The molecule has 0 aliphatic carbocycles. The molecule has 0 atom stereocenters. The normalized spacial score (nSPS) is 9.87. The van der Waals surface area contributed by atoms with Gasteiger partial charge in [-0.05, 0) is 48.4 Å². The van der Waals surface area contributed by atoms with Gasteiger partial charge in [0.1, 0.15) is 5.75 Å². The molecule has 0 heterocycles. The number of hydrogen-bond donors (Lipinski definition) is 0. The fourth-order valence-electron chi connectivity index (χ4n) is 1.93. The maximum absolute atomic E-state index is 12.1. The number of ether oxygens (including phenoxy) is 2. The van der Waals surface area contributed by atoms with Crippen molar-refractivity contribution < 1.29 is 14.3 Å². The van der Waals surface area contributed by atoms with Gasteiger partial charge in [0, 0.05) is 0 Å². The molecule has 0 aliphatic heterocycles. The third-order valence-corrected chi connectivity index (χ3v) is 3.15. The van der Waals surface area contributed by atoms with Crippen LogP contribution in [-0.2, 0) is 11.2 Å². The number of benzene rings is 2. The quantitative estimate of drug-likeness (QED) is 0.340. The maximum atomic E-state index is 12.1. The molecular weight excluding hydrogens is 290 g/mol. The van der Waals surface area contributed by atoms with E-state index >= 15 is 0 Å². The molecule has 0 spiro atoms. The molecule has 0 aliphatic rings. The summed E-state index contributed by atoms with van der Waals surface area (Å²) in [6, 6.07) is 15.6. The third kappa shape index (κ3) is 5.10. The third-order valence-electron chi connectivity index (χ3n) is 3.15. The van der Waals surface area contributed by atoms with Crippen molar-refractivity contribution in [1.82, 2.24) is 0 Å². The van der Waals surface area contributed by atoms with Crippen molar-refractivity contribution in [3.63, 3.8) is 0 Å². The highest BCUT2D eigenvalue weighted by Gasteiger charge is 2.08. The molecule has 116 valence electrons. The van der Waals surface area contributed by atoms with Crippen molar-refractivity contribution in [2.45, 2.75) is 6.42 Å². The highest BCUT2D eigenvalue weighted by Crippen LogP contribution is 2.14. The molecule has 4 nitrogen and oxygen atoms in total. The van der Waals surface area contributed by atoms with Crippen LogP contribution in [0, 0.1) is 11.3 Å². The first-order valence-corrected chi connectivity index (χ1v) is 7.23. The lowest BCUT2D eigenvalue weighted by molar-refractivity contribution is 0.0735. The maximum Gasteiger partial charge on any atom is 0.343 e. The zero-order valence-electron chi connectivity index (χ0n) is 12.7. The Morgan fingerprint density at radius 2 is 1.83 bits per heavy atom. The minimum Gasteiger partial charge on any atom is -0.423 e. The van der Waals surface area contributed by atoms with Gasteiger partial charge in [-0.3, -0.25) is 0 Å². The van der Waals surface area contributed by atoms with E-state index in [1.165, 1.54) is 0 Å². The Morgan fingerprint density at radius 1 is 1.13 bits per heavy atom. The topological polar surface area (TPSA) is 59.3 Å². The van der Waals surface area contributed by atoms with E-state index in [0.29, 0.717) is 30.1 Å². The first kappa shape index (κ1) is 16.5. The molecule has 0 aromatic heterocycles. The minimum atomic E-state index is -0.427. The van der Waals surface area contributed by atoms with Crippen molar-refractivity contribution >= 4 is 5.97 Å². The van der Waals surface area contributed by atoms with Gasteiger partial charge in [0.15, 0.2) is 0 Å². The molecular formula is C19H17NO3. The average molecular weight is 307 g/mol. The summed E-state index contributed by atoms with van der Waals surface area (Å²) >= 11 is 0. The summed E-state index contributed by atoms with van der Waals surface area (Å²) in [5, 5.41) is 8.73. The Morgan fingerprint density at radius 3 is 2.43 bits per heavy atom. The zero-order chi connectivity index (χ0) is 16.5. The van der Waals surface area contributed by atoms with E-state index in [4.69, 9.17) is 14.7 Å². The first-order chi connectivity index (χ1) is 11.2. The Bertz CT molecular complexity index is 697. The first-order valence-electron chi connectivity index (χ1n) is 7.23. The molecule has 4 heteroatoms. The summed E-state index contributed by atoms with van der Waals surface area (Å²) in [5.74, 6) is -0.0138. The van der Waals surface area contributed by atoms with Crippen LogP contribution < -0.4 is 4.74 Å². The van der Waals surface area contributed by atoms with Crippen LogP contribution in [0.1, 0.15) is 21.5 Å². The van der Waals surface area contributed by atoms with Crippen LogP contribution in [0.4, 0.5) is 0 Å². The molecule has 2 rings (SSSR count). The molecule has 2 aromatic rings. The predicted molar refractivity (Wildman–Crippen MR) is 87.3 cm³/mol. The molecule has 0 saturated carbocycles. The van der Waals surface area contributed by atoms with Gasteiger partial charge < -0.3 is 9.47 Å². The second-order valence-corrected chi connectivity index (χ2v) is 4.84. The number of carbonyl (C=O) groups excluding carboxylic acids is 1. The summed E-state index contributed by atoms with van der Waals surface area (Å²) in [4.78, 5) is 12.1. The highest BCUT2D eigenvalue weighted by atomic mass is 16.5. The van der Waals surface area contributed by atoms with Crippen LogP contribution in [0.2, 0.25) is 0 Å². The van der Waals surface area contributed by atoms with E-state index in [2.05, 4.69) is 6.58 Å². The Balaban J connectivity index is 1.91. The molecule has 0 unspecified atom stereocenters. The lowest BCUT2D eigenvalue weighted by atomic mass is 10.1. The Kier molecular flexibility index (Phi) is 6.10. The number of hydrogen-bond acceptors (Lipinski definition) is 4. The number of carbonyl (C=O) groups is 1. The van der Waals surface area contributed by atoms with Crippen molar-refractivity contribution in [1.29, 1.82) is 5.26 Å². The summed E-state index contributed by atoms with van der Waals surface area (Å²) in [6.45, 7) is 4.74. The van der Waals surface area contributed by atoms with E-state index < -0.39 is 5.97 Å². The van der Waals surface area contributed by atoms with Crippen molar-refractivity contribution in [3.8, 4) is 11.8 Å². The molecule has 0 amide bonds. The second kappa shape index (κ2) is 8.52. The van der Waals surface area contributed by atoms with E-state index in [1.54, 1.807) is 42.5 Å². The lowest BCUT2D eigenvalue weighted by Gasteiger charge is -2.06. The number of nitrogens with zero attached hydrogens (tertiary/aromatic N) is 1. The smallest absolute Gasteiger partial charge is 0.343 e. The molecule has 0 saturated heterocycles. The van der Waals surface area contributed by atoms with Crippen LogP contribution in [0.3, 0.4) is 0 Å². The summed E-state index contributed by atoms with van der Waals surface area (Å²) in [7, 11) is 0. The number of rotatable bonds is 7. The van der Waals surface area contributed by atoms with Gasteiger partial charge in [0.25, 0.3) is 0 Å². The van der Waals surface area contributed by atoms with Gasteiger partial charge in [-0.1, -0.05) is 18.2 Å². The zero-order valence-corrected chi connectivity index (χ0v) is 12.7. The monoisotopic (exact) mass is 307 g/mol.